The molecule has 3 rings (SSSR count). The zero-order chi connectivity index (χ0) is 20.9. The lowest BCUT2D eigenvalue weighted by molar-refractivity contribution is 0.102. The summed E-state index contributed by atoms with van der Waals surface area (Å²) in [5.74, 6) is -0.343. The van der Waals surface area contributed by atoms with E-state index in [9.17, 15) is 13.2 Å². The molecule has 3 aromatic rings. The Morgan fingerprint density at radius 3 is 2.45 bits per heavy atom. The van der Waals surface area contributed by atoms with Crippen molar-refractivity contribution in [1.82, 2.24) is 4.83 Å². The van der Waals surface area contributed by atoms with Crippen LogP contribution in [-0.2, 0) is 10.0 Å². The summed E-state index contributed by atoms with van der Waals surface area (Å²) in [6, 6.07) is 20.0. The van der Waals surface area contributed by atoms with Crippen molar-refractivity contribution in [2.45, 2.75) is 11.8 Å². The number of nitrogens with zero attached hydrogens (tertiary/aromatic N) is 1. The second-order valence-corrected chi connectivity index (χ2v) is 8.29. The smallest absolute Gasteiger partial charge is 0.276 e. The predicted molar refractivity (Wildman–Crippen MR) is 115 cm³/mol. The van der Waals surface area contributed by atoms with Gasteiger partial charge in [0.1, 0.15) is 0 Å². The van der Waals surface area contributed by atoms with Crippen LogP contribution in [0.25, 0.3) is 0 Å². The second kappa shape index (κ2) is 8.89. The average molecular weight is 428 g/mol. The lowest BCUT2D eigenvalue weighted by Crippen LogP contribution is -2.18. The molecular weight excluding hydrogens is 410 g/mol. The molecule has 0 aliphatic carbocycles. The summed E-state index contributed by atoms with van der Waals surface area (Å²) in [7, 11) is -3.75. The van der Waals surface area contributed by atoms with Gasteiger partial charge in [0.05, 0.1) is 21.7 Å². The van der Waals surface area contributed by atoms with Gasteiger partial charge in [-0.3, -0.25) is 4.79 Å². The Bertz CT molecular complexity index is 1160. The minimum absolute atomic E-state index is 0.126. The number of nitrogens with one attached hydrogen (secondary N) is 2. The second-order valence-electron chi connectivity index (χ2n) is 6.23. The van der Waals surface area contributed by atoms with Crippen molar-refractivity contribution in [3.05, 3.63) is 94.5 Å². The van der Waals surface area contributed by atoms with Gasteiger partial charge in [0.15, 0.2) is 0 Å². The van der Waals surface area contributed by atoms with Crippen molar-refractivity contribution in [3.8, 4) is 0 Å². The lowest BCUT2D eigenvalue weighted by Gasteiger charge is -2.07. The van der Waals surface area contributed by atoms with Crippen LogP contribution in [0.1, 0.15) is 21.5 Å². The van der Waals surface area contributed by atoms with E-state index in [1.54, 1.807) is 60.7 Å². The molecule has 0 atom stereocenters. The summed E-state index contributed by atoms with van der Waals surface area (Å²) in [5.41, 5.74) is 2.45. The van der Waals surface area contributed by atoms with Crippen LogP contribution in [0.15, 0.2) is 82.8 Å². The summed E-state index contributed by atoms with van der Waals surface area (Å²) < 4.78 is 24.5. The fourth-order valence-electron chi connectivity index (χ4n) is 2.48. The number of halogens is 1. The minimum Gasteiger partial charge on any atom is -0.322 e. The number of carbonyl (C=O) groups excluding carboxylic acids is 1. The van der Waals surface area contributed by atoms with Gasteiger partial charge in [-0.2, -0.15) is 13.5 Å². The van der Waals surface area contributed by atoms with Crippen LogP contribution >= 0.6 is 11.6 Å². The zero-order valence-corrected chi connectivity index (χ0v) is 17.0. The minimum atomic E-state index is -3.75. The summed E-state index contributed by atoms with van der Waals surface area (Å²) >= 11 is 6.04. The summed E-state index contributed by atoms with van der Waals surface area (Å²) in [6.07, 6.45) is 1.36. The molecule has 0 spiro atoms. The van der Waals surface area contributed by atoms with Crippen LogP contribution in [0.3, 0.4) is 0 Å². The lowest BCUT2D eigenvalue weighted by atomic mass is 10.2. The number of amides is 1. The molecule has 0 bridgehead atoms. The first-order valence-corrected chi connectivity index (χ1v) is 10.5. The maximum absolute atomic E-state index is 12.4. The standard InChI is InChI=1S/C21H18ClN3O3S/c1-15-9-11-18(12-10-15)29(27,28)25-23-14-16-5-4-6-17(13-16)24-21(26)19-7-2-3-8-20(19)22/h2-14,25H,1H3,(H,24,26)/b23-14+. The number of hydrogen-bond acceptors (Lipinski definition) is 4. The molecule has 0 heterocycles. The Balaban J connectivity index is 1.69. The van der Waals surface area contributed by atoms with Crippen LogP contribution < -0.4 is 10.1 Å². The van der Waals surface area contributed by atoms with Crippen molar-refractivity contribution >= 4 is 39.4 Å². The Morgan fingerprint density at radius 2 is 1.72 bits per heavy atom. The maximum atomic E-state index is 12.4. The van der Waals surface area contributed by atoms with Crippen molar-refractivity contribution < 1.29 is 13.2 Å². The van der Waals surface area contributed by atoms with Crippen LogP contribution in [-0.4, -0.2) is 20.5 Å². The summed E-state index contributed by atoms with van der Waals surface area (Å²) in [6.45, 7) is 1.87. The van der Waals surface area contributed by atoms with Gasteiger partial charge in [0.2, 0.25) is 0 Å². The van der Waals surface area contributed by atoms with E-state index in [0.717, 1.165) is 5.56 Å². The van der Waals surface area contributed by atoms with E-state index in [4.69, 9.17) is 11.6 Å². The molecule has 148 valence electrons. The van der Waals surface area contributed by atoms with Gasteiger partial charge in [0, 0.05) is 5.69 Å². The monoisotopic (exact) mass is 427 g/mol. The van der Waals surface area contributed by atoms with Crippen molar-refractivity contribution in [1.29, 1.82) is 0 Å². The molecule has 29 heavy (non-hydrogen) atoms. The summed E-state index contributed by atoms with van der Waals surface area (Å²) in [4.78, 5) is 14.7. The van der Waals surface area contributed by atoms with Crippen LogP contribution in [0.4, 0.5) is 5.69 Å². The van der Waals surface area contributed by atoms with Gasteiger partial charge >= 0.3 is 0 Å². The molecule has 0 saturated heterocycles. The first kappa shape index (κ1) is 20.6. The highest BCUT2D eigenvalue weighted by Gasteiger charge is 2.12. The number of carbonyl (C=O) groups is 1. The largest absolute Gasteiger partial charge is 0.322 e. The molecule has 2 N–H and O–H groups in total. The van der Waals surface area contributed by atoms with Gasteiger partial charge in [-0.25, -0.2) is 4.83 Å². The molecular formula is C21H18ClN3O3S. The van der Waals surface area contributed by atoms with Gasteiger partial charge in [-0.1, -0.05) is 53.6 Å². The molecule has 0 aliphatic rings. The van der Waals surface area contributed by atoms with E-state index in [0.29, 0.717) is 21.8 Å². The SMILES string of the molecule is Cc1ccc(S(=O)(=O)N/N=C/c2cccc(NC(=O)c3ccccc3Cl)c2)cc1. The molecule has 3 aromatic carbocycles. The van der Waals surface area contributed by atoms with Crippen LogP contribution in [0, 0.1) is 6.92 Å². The van der Waals surface area contributed by atoms with E-state index in [1.807, 2.05) is 6.92 Å². The number of aryl methyl sites for hydroxylation is 1. The van der Waals surface area contributed by atoms with E-state index in [2.05, 4.69) is 15.2 Å². The maximum Gasteiger partial charge on any atom is 0.276 e. The first-order chi connectivity index (χ1) is 13.8. The normalized spacial score (nSPS) is 11.4. The number of hydrogen-bond donors (Lipinski definition) is 2. The van der Waals surface area contributed by atoms with Crippen molar-refractivity contribution in [2.75, 3.05) is 5.32 Å². The zero-order valence-electron chi connectivity index (χ0n) is 15.5. The molecule has 0 saturated carbocycles. The highest BCUT2D eigenvalue weighted by atomic mass is 35.5. The Hall–Kier alpha value is -3.16. The number of benzene rings is 3. The predicted octanol–water partition coefficient (Wildman–Crippen LogP) is 4.21. The Morgan fingerprint density at radius 1 is 1.00 bits per heavy atom. The highest BCUT2D eigenvalue weighted by molar-refractivity contribution is 7.89. The molecule has 0 radical (unpaired) electrons. The molecule has 0 fully saturated rings. The van der Waals surface area contributed by atoms with E-state index in [1.165, 1.54) is 18.3 Å². The van der Waals surface area contributed by atoms with Gasteiger partial charge < -0.3 is 5.32 Å². The fourth-order valence-corrected chi connectivity index (χ4v) is 3.49. The number of hydrazone groups is 1. The van der Waals surface area contributed by atoms with Gasteiger partial charge in [0.25, 0.3) is 15.9 Å². The van der Waals surface area contributed by atoms with Crippen molar-refractivity contribution in [2.24, 2.45) is 5.10 Å². The average Bonchev–Trinajstić information content (AvgIpc) is 2.69. The first-order valence-electron chi connectivity index (χ1n) is 8.63. The van der Waals surface area contributed by atoms with Crippen LogP contribution in [0.2, 0.25) is 5.02 Å². The third-order valence-electron chi connectivity index (χ3n) is 3.98. The molecule has 0 unspecified atom stereocenters. The number of rotatable bonds is 6. The number of anilines is 1. The molecule has 0 aliphatic heterocycles. The van der Waals surface area contributed by atoms with Crippen LogP contribution in [0.5, 0.6) is 0 Å². The third-order valence-corrected chi connectivity index (χ3v) is 5.55. The quantitative estimate of drug-likeness (QED) is 0.456. The highest BCUT2D eigenvalue weighted by Crippen LogP contribution is 2.17. The molecule has 1 amide bonds. The Kier molecular flexibility index (Phi) is 6.31. The third kappa shape index (κ3) is 5.43. The van der Waals surface area contributed by atoms with Gasteiger partial charge in [-0.05, 0) is 48.9 Å². The van der Waals surface area contributed by atoms with Crippen molar-refractivity contribution in [3.63, 3.8) is 0 Å². The van der Waals surface area contributed by atoms with Gasteiger partial charge in [-0.15, -0.1) is 0 Å². The van der Waals surface area contributed by atoms with E-state index >= 15 is 0 Å². The van der Waals surface area contributed by atoms with E-state index in [-0.39, 0.29) is 10.8 Å². The number of sulfonamides is 1. The summed E-state index contributed by atoms with van der Waals surface area (Å²) in [5, 5.41) is 6.92. The topological polar surface area (TPSA) is 87.6 Å². The molecule has 6 nitrogen and oxygen atoms in total. The Labute approximate surface area is 174 Å². The fraction of sp³-hybridized carbons (Fsp3) is 0.0476. The molecule has 8 heteroatoms. The molecule has 0 aromatic heterocycles. The van der Waals surface area contributed by atoms with E-state index < -0.39 is 10.0 Å².